The lowest BCUT2D eigenvalue weighted by Gasteiger charge is -2.27. The molecule has 0 saturated heterocycles. The van der Waals surface area contributed by atoms with Crippen LogP contribution in [-0.4, -0.2) is 30.2 Å². The van der Waals surface area contributed by atoms with Gasteiger partial charge in [-0.15, -0.1) is 0 Å². The highest BCUT2D eigenvalue weighted by molar-refractivity contribution is 6.29. The molecule has 0 N–H and O–H groups in total. The summed E-state index contributed by atoms with van der Waals surface area (Å²) in [6, 6.07) is 0. The van der Waals surface area contributed by atoms with E-state index in [1.54, 1.807) is 6.92 Å². The van der Waals surface area contributed by atoms with Crippen molar-refractivity contribution >= 4 is 17.6 Å². The summed E-state index contributed by atoms with van der Waals surface area (Å²) in [5, 5.41) is 0.205. The van der Waals surface area contributed by atoms with Crippen LogP contribution in [0.2, 0.25) is 5.15 Å². The zero-order chi connectivity index (χ0) is 12.2. The number of aromatic nitrogens is 2. The number of methoxy groups -OCH3 is 2. The van der Waals surface area contributed by atoms with E-state index in [-0.39, 0.29) is 5.15 Å². The zero-order valence-electron chi connectivity index (χ0n) is 9.36. The number of nitrogens with zero attached hydrogens (tertiary/aromatic N) is 2. The van der Waals surface area contributed by atoms with Crippen molar-refractivity contribution in [1.82, 2.24) is 9.97 Å². The first kappa shape index (κ1) is 12.9. The van der Waals surface area contributed by atoms with Crippen molar-refractivity contribution in [2.75, 3.05) is 14.2 Å². The second-order valence-electron chi connectivity index (χ2n) is 3.10. The normalized spacial score (nSPS) is 14.2. The molecule has 5 nitrogen and oxygen atoms in total. The molecule has 0 saturated carbocycles. The van der Waals surface area contributed by atoms with Gasteiger partial charge in [-0.25, -0.2) is 9.78 Å². The van der Waals surface area contributed by atoms with Gasteiger partial charge in [-0.2, -0.15) is 0 Å². The average Bonchev–Trinajstić information content (AvgIpc) is 2.31. The fourth-order valence-corrected chi connectivity index (χ4v) is 1.61. The van der Waals surface area contributed by atoms with E-state index >= 15 is 0 Å². The lowest BCUT2D eigenvalue weighted by Crippen LogP contribution is -2.39. The molecule has 1 rings (SSSR count). The lowest BCUT2D eigenvalue weighted by atomic mass is 9.96. The topological polar surface area (TPSA) is 61.3 Å². The number of halogens is 1. The number of carbonyl (C=O) groups is 1. The fraction of sp³-hybridized carbons (Fsp3) is 0.500. The molecule has 1 atom stereocenters. The van der Waals surface area contributed by atoms with Crippen LogP contribution in [0.4, 0.5) is 0 Å². The van der Waals surface area contributed by atoms with Gasteiger partial charge in [0.1, 0.15) is 10.8 Å². The Morgan fingerprint density at radius 3 is 2.62 bits per heavy atom. The highest BCUT2D eigenvalue weighted by Crippen LogP contribution is 2.29. The first-order valence-corrected chi connectivity index (χ1v) is 5.10. The van der Waals surface area contributed by atoms with Crippen LogP contribution in [0, 0.1) is 0 Å². The van der Waals surface area contributed by atoms with E-state index in [0.717, 1.165) is 0 Å². The molecule has 0 spiro atoms. The predicted octanol–water partition coefficient (Wildman–Crippen LogP) is 1.55. The van der Waals surface area contributed by atoms with Gasteiger partial charge in [0, 0.05) is 7.11 Å². The molecule has 0 aliphatic rings. The first-order chi connectivity index (χ1) is 7.60. The number of ether oxygens (including phenoxy) is 2. The molecular formula is C10H13ClN2O3. The molecule has 0 aliphatic carbocycles. The minimum absolute atomic E-state index is 0.205. The van der Waals surface area contributed by atoms with Gasteiger partial charge in [-0.1, -0.05) is 18.5 Å². The van der Waals surface area contributed by atoms with E-state index < -0.39 is 11.6 Å². The maximum atomic E-state index is 11.7. The summed E-state index contributed by atoms with van der Waals surface area (Å²) in [6.45, 7) is 1.79. The average molecular weight is 245 g/mol. The Kier molecular flexibility index (Phi) is 4.20. The Hall–Kier alpha value is -1.20. The second-order valence-corrected chi connectivity index (χ2v) is 3.49. The van der Waals surface area contributed by atoms with Crippen LogP contribution in [0.3, 0.4) is 0 Å². The van der Waals surface area contributed by atoms with Gasteiger partial charge >= 0.3 is 5.97 Å². The van der Waals surface area contributed by atoms with E-state index in [2.05, 4.69) is 9.97 Å². The third kappa shape index (κ3) is 2.15. The summed E-state index contributed by atoms with van der Waals surface area (Å²) in [5.74, 6) is -0.519. The first-order valence-electron chi connectivity index (χ1n) is 4.72. The van der Waals surface area contributed by atoms with E-state index in [1.807, 2.05) is 0 Å². The minimum Gasteiger partial charge on any atom is -0.467 e. The van der Waals surface area contributed by atoms with Crippen LogP contribution in [0.5, 0.6) is 0 Å². The molecule has 0 fully saturated rings. The molecular weight excluding hydrogens is 232 g/mol. The number of esters is 1. The molecule has 1 unspecified atom stereocenters. The van der Waals surface area contributed by atoms with Crippen LogP contribution in [0.15, 0.2) is 12.4 Å². The summed E-state index contributed by atoms with van der Waals surface area (Å²) < 4.78 is 9.96. The standard InChI is InChI=1S/C10H13ClN2O3/c1-4-10(16-3,9(14)15-2)7-5-12-6-8(11)13-7/h5-6H,4H2,1-3H3. The summed E-state index contributed by atoms with van der Waals surface area (Å²) in [7, 11) is 2.72. The van der Waals surface area contributed by atoms with Gasteiger partial charge in [0.15, 0.2) is 0 Å². The van der Waals surface area contributed by atoms with Crippen molar-refractivity contribution in [3.05, 3.63) is 23.2 Å². The van der Waals surface area contributed by atoms with Crippen LogP contribution < -0.4 is 0 Å². The van der Waals surface area contributed by atoms with E-state index in [0.29, 0.717) is 12.1 Å². The monoisotopic (exact) mass is 244 g/mol. The maximum Gasteiger partial charge on any atom is 0.344 e. The Morgan fingerprint density at radius 1 is 1.50 bits per heavy atom. The summed E-state index contributed by atoms with van der Waals surface area (Å²) in [4.78, 5) is 19.7. The Morgan fingerprint density at radius 2 is 2.19 bits per heavy atom. The van der Waals surface area contributed by atoms with Crippen LogP contribution in [-0.2, 0) is 19.9 Å². The van der Waals surface area contributed by atoms with Gasteiger partial charge in [0.25, 0.3) is 0 Å². The number of hydrogen-bond donors (Lipinski definition) is 0. The van der Waals surface area contributed by atoms with Gasteiger partial charge < -0.3 is 9.47 Å². The van der Waals surface area contributed by atoms with Crippen molar-refractivity contribution in [3.8, 4) is 0 Å². The van der Waals surface area contributed by atoms with Gasteiger partial charge in [0.2, 0.25) is 5.60 Å². The van der Waals surface area contributed by atoms with Gasteiger partial charge in [-0.05, 0) is 6.42 Å². The highest BCUT2D eigenvalue weighted by atomic mass is 35.5. The van der Waals surface area contributed by atoms with Crippen LogP contribution in [0.1, 0.15) is 19.0 Å². The molecule has 1 aromatic rings. The molecule has 0 aromatic carbocycles. The minimum atomic E-state index is -1.24. The van der Waals surface area contributed by atoms with Crippen molar-refractivity contribution in [3.63, 3.8) is 0 Å². The maximum absolute atomic E-state index is 11.7. The third-order valence-electron chi connectivity index (χ3n) is 2.38. The summed E-state index contributed by atoms with van der Waals surface area (Å²) in [5.41, 5.74) is -0.899. The molecule has 0 bridgehead atoms. The molecule has 1 aromatic heterocycles. The molecule has 0 aliphatic heterocycles. The van der Waals surface area contributed by atoms with Gasteiger partial charge in [0.05, 0.1) is 19.5 Å². The smallest absolute Gasteiger partial charge is 0.344 e. The summed E-state index contributed by atoms with van der Waals surface area (Å²) in [6.07, 6.45) is 3.21. The largest absolute Gasteiger partial charge is 0.467 e. The Balaban J connectivity index is 3.25. The third-order valence-corrected chi connectivity index (χ3v) is 2.56. The molecule has 88 valence electrons. The molecule has 6 heteroatoms. The van der Waals surface area contributed by atoms with Crippen molar-refractivity contribution in [1.29, 1.82) is 0 Å². The Labute approximate surface area is 98.8 Å². The van der Waals surface area contributed by atoms with E-state index in [9.17, 15) is 4.79 Å². The second kappa shape index (κ2) is 5.23. The quantitative estimate of drug-likeness (QED) is 0.752. The lowest BCUT2D eigenvalue weighted by molar-refractivity contribution is -0.168. The van der Waals surface area contributed by atoms with Crippen LogP contribution in [0.25, 0.3) is 0 Å². The van der Waals surface area contributed by atoms with Crippen LogP contribution >= 0.6 is 11.6 Å². The summed E-state index contributed by atoms with van der Waals surface area (Å²) >= 11 is 5.73. The number of rotatable bonds is 4. The molecule has 1 heterocycles. The number of carbonyl (C=O) groups excluding carboxylic acids is 1. The molecule has 0 amide bonds. The molecule has 16 heavy (non-hydrogen) atoms. The number of hydrogen-bond acceptors (Lipinski definition) is 5. The zero-order valence-corrected chi connectivity index (χ0v) is 10.1. The van der Waals surface area contributed by atoms with Gasteiger partial charge in [-0.3, -0.25) is 4.98 Å². The van der Waals surface area contributed by atoms with Crippen molar-refractivity contribution in [2.45, 2.75) is 18.9 Å². The Bertz CT molecular complexity index is 380. The van der Waals surface area contributed by atoms with Crippen molar-refractivity contribution in [2.24, 2.45) is 0 Å². The fourth-order valence-electron chi connectivity index (χ4n) is 1.46. The molecule has 0 radical (unpaired) electrons. The van der Waals surface area contributed by atoms with E-state index in [1.165, 1.54) is 26.6 Å². The van der Waals surface area contributed by atoms with E-state index in [4.69, 9.17) is 21.1 Å². The predicted molar refractivity (Wildman–Crippen MR) is 58.0 cm³/mol. The SMILES string of the molecule is CCC(OC)(C(=O)OC)c1cncc(Cl)n1. The van der Waals surface area contributed by atoms with Crippen molar-refractivity contribution < 1.29 is 14.3 Å². The highest BCUT2D eigenvalue weighted by Gasteiger charge is 2.42.